The lowest BCUT2D eigenvalue weighted by molar-refractivity contribution is 0.577. The lowest BCUT2D eigenvalue weighted by Gasteiger charge is -2.10. The molecule has 0 fully saturated rings. The van der Waals surface area contributed by atoms with Crippen LogP contribution in [0.4, 0.5) is 4.39 Å². The molecule has 4 nitrogen and oxygen atoms in total. The molecule has 0 radical (unpaired) electrons. The Kier molecular flexibility index (Phi) is 5.34. The van der Waals surface area contributed by atoms with E-state index in [1.54, 1.807) is 7.05 Å². The minimum atomic E-state index is -3.79. The lowest BCUT2D eigenvalue weighted by atomic mass is 10.2. The molecule has 0 saturated heterocycles. The Morgan fingerprint density at radius 1 is 1.33 bits per heavy atom. The standard InChI is InChI=1S/C13H14ClFN2O2S2/c1-16-7-9-5-11(6-12(15)13(9)14)21(18,19)17-8-10-3-2-4-20-10/h2-6,16-17H,7-8H2,1H3. The van der Waals surface area contributed by atoms with Crippen molar-refractivity contribution in [2.45, 2.75) is 18.0 Å². The maximum atomic E-state index is 13.8. The Labute approximate surface area is 132 Å². The first-order valence-electron chi connectivity index (χ1n) is 6.08. The van der Waals surface area contributed by atoms with Crippen LogP contribution in [0.25, 0.3) is 0 Å². The van der Waals surface area contributed by atoms with E-state index in [-0.39, 0.29) is 23.0 Å². The van der Waals surface area contributed by atoms with Gasteiger partial charge in [-0.3, -0.25) is 0 Å². The molecule has 0 bridgehead atoms. The summed E-state index contributed by atoms with van der Waals surface area (Å²) < 4.78 is 40.6. The van der Waals surface area contributed by atoms with Crippen molar-refractivity contribution in [2.75, 3.05) is 7.05 Å². The van der Waals surface area contributed by atoms with Crippen molar-refractivity contribution in [3.8, 4) is 0 Å². The number of hydrogen-bond donors (Lipinski definition) is 2. The van der Waals surface area contributed by atoms with Gasteiger partial charge < -0.3 is 5.32 Å². The number of benzene rings is 1. The smallest absolute Gasteiger partial charge is 0.241 e. The number of thiophene rings is 1. The van der Waals surface area contributed by atoms with E-state index in [1.165, 1.54) is 17.4 Å². The van der Waals surface area contributed by atoms with Crippen LogP contribution in [-0.2, 0) is 23.1 Å². The van der Waals surface area contributed by atoms with E-state index in [2.05, 4.69) is 10.0 Å². The highest BCUT2D eigenvalue weighted by Crippen LogP contribution is 2.24. The molecular formula is C13H14ClFN2O2S2. The average molecular weight is 349 g/mol. The molecule has 2 rings (SSSR count). The number of rotatable bonds is 6. The van der Waals surface area contributed by atoms with Crippen LogP contribution in [0, 0.1) is 5.82 Å². The molecule has 0 amide bonds. The lowest BCUT2D eigenvalue weighted by Crippen LogP contribution is -2.23. The summed E-state index contributed by atoms with van der Waals surface area (Å²) in [7, 11) is -2.12. The van der Waals surface area contributed by atoms with E-state index >= 15 is 0 Å². The van der Waals surface area contributed by atoms with E-state index in [0.29, 0.717) is 5.56 Å². The normalized spacial score (nSPS) is 11.8. The Bertz CT molecular complexity index is 718. The fourth-order valence-electron chi connectivity index (χ4n) is 1.76. The first-order chi connectivity index (χ1) is 9.94. The second-order valence-electron chi connectivity index (χ2n) is 4.31. The molecule has 0 atom stereocenters. The van der Waals surface area contributed by atoms with Gasteiger partial charge in [0.2, 0.25) is 10.0 Å². The van der Waals surface area contributed by atoms with E-state index < -0.39 is 15.8 Å². The first-order valence-corrected chi connectivity index (χ1v) is 8.82. The van der Waals surface area contributed by atoms with Crippen molar-refractivity contribution >= 4 is 33.0 Å². The summed E-state index contributed by atoms with van der Waals surface area (Å²) in [5, 5.41) is 4.61. The van der Waals surface area contributed by atoms with E-state index in [1.807, 2.05) is 17.5 Å². The van der Waals surface area contributed by atoms with Gasteiger partial charge in [-0.1, -0.05) is 17.7 Å². The highest BCUT2D eigenvalue weighted by Gasteiger charge is 2.18. The number of hydrogen-bond acceptors (Lipinski definition) is 4. The monoisotopic (exact) mass is 348 g/mol. The molecule has 0 spiro atoms. The van der Waals surface area contributed by atoms with Gasteiger partial charge in [-0.25, -0.2) is 17.5 Å². The van der Waals surface area contributed by atoms with Gasteiger partial charge in [0, 0.05) is 18.0 Å². The summed E-state index contributed by atoms with van der Waals surface area (Å²) in [6, 6.07) is 5.96. The summed E-state index contributed by atoms with van der Waals surface area (Å²) in [5.74, 6) is -0.749. The zero-order valence-electron chi connectivity index (χ0n) is 11.2. The Hall–Kier alpha value is -0.990. The summed E-state index contributed by atoms with van der Waals surface area (Å²) in [5.41, 5.74) is 0.399. The Morgan fingerprint density at radius 3 is 2.71 bits per heavy atom. The van der Waals surface area contributed by atoms with E-state index in [0.717, 1.165) is 10.9 Å². The van der Waals surface area contributed by atoms with Crippen LogP contribution in [0.1, 0.15) is 10.4 Å². The third-order valence-electron chi connectivity index (χ3n) is 2.77. The quantitative estimate of drug-likeness (QED) is 0.844. The Morgan fingerprint density at radius 2 is 2.10 bits per heavy atom. The molecule has 0 saturated carbocycles. The molecule has 1 aromatic heterocycles. The van der Waals surface area contributed by atoms with Crippen LogP contribution in [0.3, 0.4) is 0 Å². The van der Waals surface area contributed by atoms with Crippen molar-refractivity contribution in [1.29, 1.82) is 0 Å². The number of halogens is 2. The molecule has 0 unspecified atom stereocenters. The zero-order valence-corrected chi connectivity index (χ0v) is 13.6. The topological polar surface area (TPSA) is 58.2 Å². The number of nitrogens with one attached hydrogen (secondary N) is 2. The molecule has 114 valence electrons. The van der Waals surface area contributed by atoms with Crippen LogP contribution >= 0.6 is 22.9 Å². The van der Waals surface area contributed by atoms with Crippen molar-refractivity contribution in [1.82, 2.24) is 10.0 Å². The predicted molar refractivity (Wildman–Crippen MR) is 82.5 cm³/mol. The van der Waals surface area contributed by atoms with Gasteiger partial charge in [-0.15, -0.1) is 11.3 Å². The van der Waals surface area contributed by atoms with Gasteiger partial charge in [-0.2, -0.15) is 0 Å². The minimum absolute atomic E-state index is 0.0680. The molecule has 1 heterocycles. The minimum Gasteiger partial charge on any atom is -0.316 e. The molecule has 0 aliphatic rings. The first kappa shape index (κ1) is 16.4. The maximum absolute atomic E-state index is 13.8. The second-order valence-corrected chi connectivity index (χ2v) is 7.49. The fraction of sp³-hybridized carbons (Fsp3) is 0.231. The summed E-state index contributed by atoms with van der Waals surface area (Å²) in [6.45, 7) is 0.454. The van der Waals surface area contributed by atoms with Gasteiger partial charge in [0.15, 0.2) is 0 Å². The van der Waals surface area contributed by atoms with Crippen LogP contribution in [-0.4, -0.2) is 15.5 Å². The van der Waals surface area contributed by atoms with Crippen molar-refractivity contribution in [2.24, 2.45) is 0 Å². The van der Waals surface area contributed by atoms with Crippen molar-refractivity contribution in [3.63, 3.8) is 0 Å². The zero-order chi connectivity index (χ0) is 15.5. The molecule has 8 heteroatoms. The Balaban J connectivity index is 2.27. The van der Waals surface area contributed by atoms with Crippen LogP contribution in [0.5, 0.6) is 0 Å². The molecule has 2 aromatic rings. The highest BCUT2D eigenvalue weighted by atomic mass is 35.5. The third-order valence-corrected chi connectivity index (χ3v) is 5.45. The molecular weight excluding hydrogens is 335 g/mol. The van der Waals surface area contributed by atoms with Crippen LogP contribution in [0.15, 0.2) is 34.5 Å². The molecule has 21 heavy (non-hydrogen) atoms. The number of sulfonamides is 1. The molecule has 1 aromatic carbocycles. The van der Waals surface area contributed by atoms with Crippen LogP contribution in [0.2, 0.25) is 5.02 Å². The molecule has 2 N–H and O–H groups in total. The SMILES string of the molecule is CNCc1cc(S(=O)(=O)NCc2cccs2)cc(F)c1Cl. The van der Waals surface area contributed by atoms with Crippen molar-refractivity contribution < 1.29 is 12.8 Å². The van der Waals surface area contributed by atoms with E-state index in [4.69, 9.17) is 11.6 Å². The largest absolute Gasteiger partial charge is 0.316 e. The molecule has 0 aliphatic heterocycles. The van der Waals surface area contributed by atoms with Crippen molar-refractivity contribution in [3.05, 3.63) is 50.9 Å². The second kappa shape index (κ2) is 6.85. The fourth-order valence-corrected chi connectivity index (χ4v) is 3.74. The van der Waals surface area contributed by atoms with Gasteiger partial charge in [-0.05, 0) is 36.2 Å². The summed E-state index contributed by atoms with van der Waals surface area (Å²) >= 11 is 7.27. The summed E-state index contributed by atoms with van der Waals surface area (Å²) in [4.78, 5) is 0.745. The highest BCUT2D eigenvalue weighted by molar-refractivity contribution is 7.89. The van der Waals surface area contributed by atoms with Gasteiger partial charge in [0.25, 0.3) is 0 Å². The average Bonchev–Trinajstić information content (AvgIpc) is 2.95. The maximum Gasteiger partial charge on any atom is 0.241 e. The van der Waals surface area contributed by atoms with Gasteiger partial charge in [0.05, 0.1) is 9.92 Å². The molecule has 0 aliphatic carbocycles. The summed E-state index contributed by atoms with van der Waals surface area (Å²) in [6.07, 6.45) is 0. The van der Waals surface area contributed by atoms with Gasteiger partial charge in [0.1, 0.15) is 5.82 Å². The van der Waals surface area contributed by atoms with E-state index in [9.17, 15) is 12.8 Å². The van der Waals surface area contributed by atoms with Crippen LogP contribution < -0.4 is 10.0 Å². The van der Waals surface area contributed by atoms with Gasteiger partial charge >= 0.3 is 0 Å². The predicted octanol–water partition coefficient (Wildman–Crippen LogP) is 2.74. The third kappa shape index (κ3) is 4.02.